The maximum atomic E-state index is 12.4. The van der Waals surface area contributed by atoms with E-state index in [1.54, 1.807) is 49.4 Å². The average molecular weight is 340 g/mol. The molecule has 2 atom stereocenters. The number of benzene rings is 2. The second kappa shape index (κ2) is 6.33. The third-order valence-electron chi connectivity index (χ3n) is 4.25. The van der Waals surface area contributed by atoms with Crippen molar-refractivity contribution in [1.82, 2.24) is 16.2 Å². The number of nitrogens with one attached hydrogen (secondary N) is 3. The molecule has 0 saturated carbocycles. The Balaban J connectivity index is 1.92. The van der Waals surface area contributed by atoms with Gasteiger partial charge in [0, 0.05) is 17.7 Å². The molecule has 128 valence electrons. The number of carbonyl (C=O) groups excluding carboxylic acids is 2. The van der Waals surface area contributed by atoms with Gasteiger partial charge in [0.15, 0.2) is 0 Å². The van der Waals surface area contributed by atoms with E-state index in [4.69, 9.17) is 0 Å². The second-order valence-electron chi connectivity index (χ2n) is 5.90. The van der Waals surface area contributed by atoms with Crippen molar-refractivity contribution in [3.8, 4) is 0 Å². The van der Waals surface area contributed by atoms with Crippen molar-refractivity contribution in [2.24, 2.45) is 0 Å². The van der Waals surface area contributed by atoms with Gasteiger partial charge < -0.3 is 5.32 Å². The first-order chi connectivity index (χ1) is 11.9. The first-order valence-corrected chi connectivity index (χ1v) is 7.60. The maximum absolute atomic E-state index is 12.4. The number of non-ortho nitro benzene ring substituents is 1. The predicted molar refractivity (Wildman–Crippen MR) is 89.4 cm³/mol. The summed E-state index contributed by atoms with van der Waals surface area (Å²) in [6.45, 7) is 1.69. The highest BCUT2D eigenvalue weighted by atomic mass is 16.6. The number of nitro benzene ring substituents is 1. The van der Waals surface area contributed by atoms with Gasteiger partial charge in [-0.1, -0.05) is 30.3 Å². The highest BCUT2D eigenvalue weighted by Crippen LogP contribution is 2.30. The fraction of sp³-hybridized carbons (Fsp3) is 0.176. The van der Waals surface area contributed by atoms with Gasteiger partial charge >= 0.3 is 0 Å². The van der Waals surface area contributed by atoms with Gasteiger partial charge in [0.25, 0.3) is 17.5 Å². The molecule has 8 heteroatoms. The van der Waals surface area contributed by atoms with Crippen LogP contribution in [-0.4, -0.2) is 22.8 Å². The summed E-state index contributed by atoms with van der Waals surface area (Å²) in [5.74, 6) is -0.820. The molecule has 25 heavy (non-hydrogen) atoms. The predicted octanol–water partition coefficient (Wildman–Crippen LogP) is 1.24. The molecule has 0 bridgehead atoms. The van der Waals surface area contributed by atoms with Crippen molar-refractivity contribution in [1.29, 1.82) is 0 Å². The first kappa shape index (κ1) is 16.6. The summed E-state index contributed by atoms with van der Waals surface area (Å²) >= 11 is 0. The lowest BCUT2D eigenvalue weighted by Gasteiger charge is -2.29. The summed E-state index contributed by atoms with van der Waals surface area (Å²) in [5, 5.41) is 13.7. The first-order valence-electron chi connectivity index (χ1n) is 7.60. The smallest absolute Gasteiger partial charge is 0.269 e. The Morgan fingerprint density at radius 3 is 2.60 bits per heavy atom. The third-order valence-corrected chi connectivity index (χ3v) is 4.25. The van der Waals surface area contributed by atoms with Crippen LogP contribution in [0.5, 0.6) is 0 Å². The van der Waals surface area contributed by atoms with E-state index in [0.717, 1.165) is 0 Å². The summed E-state index contributed by atoms with van der Waals surface area (Å²) in [5.41, 5.74) is 5.13. The Kier molecular flexibility index (Phi) is 4.20. The van der Waals surface area contributed by atoms with Crippen molar-refractivity contribution in [3.63, 3.8) is 0 Å². The van der Waals surface area contributed by atoms with Crippen molar-refractivity contribution < 1.29 is 14.5 Å². The molecule has 1 aliphatic rings. The Labute approximate surface area is 143 Å². The largest absolute Gasteiger partial charge is 0.338 e. The van der Waals surface area contributed by atoms with Gasteiger partial charge in [0.2, 0.25) is 0 Å². The molecule has 2 aromatic rings. The van der Waals surface area contributed by atoms with E-state index in [9.17, 15) is 19.7 Å². The summed E-state index contributed by atoms with van der Waals surface area (Å²) in [6.07, 6.45) is 0. The van der Waals surface area contributed by atoms with Crippen LogP contribution in [0.2, 0.25) is 0 Å². The van der Waals surface area contributed by atoms with Crippen LogP contribution in [0.3, 0.4) is 0 Å². The van der Waals surface area contributed by atoms with Gasteiger partial charge in [-0.3, -0.25) is 25.1 Å². The second-order valence-corrected chi connectivity index (χ2v) is 5.90. The van der Waals surface area contributed by atoms with Gasteiger partial charge in [-0.2, -0.15) is 0 Å². The van der Waals surface area contributed by atoms with Crippen LogP contribution in [0.15, 0.2) is 54.6 Å². The molecule has 0 spiro atoms. The molecule has 2 aromatic carbocycles. The van der Waals surface area contributed by atoms with Gasteiger partial charge in [-0.25, -0.2) is 5.43 Å². The van der Waals surface area contributed by atoms with Gasteiger partial charge in [0.05, 0.1) is 10.5 Å². The van der Waals surface area contributed by atoms with Gasteiger partial charge in [-0.15, -0.1) is 0 Å². The summed E-state index contributed by atoms with van der Waals surface area (Å²) in [4.78, 5) is 35.1. The third kappa shape index (κ3) is 3.07. The standard InChI is InChI=1S/C17H16N4O4/c1-17(12-8-5-9-13(10-12)21(24)25)14(16(23)19-20-17)18-15(22)11-6-3-2-4-7-11/h2-10,14,20H,1H3,(H,18,22)(H,19,23)/t14-,17-/m0/s1. The van der Waals surface area contributed by atoms with Gasteiger partial charge in [-0.05, 0) is 24.6 Å². The molecule has 3 rings (SSSR count). The Bertz CT molecular complexity index is 840. The number of nitrogens with zero attached hydrogens (tertiary/aromatic N) is 1. The topological polar surface area (TPSA) is 113 Å². The van der Waals surface area contributed by atoms with Crippen molar-refractivity contribution >= 4 is 17.5 Å². The SMILES string of the molecule is C[C@@]1(c2cccc([N+](=O)[O-])c2)NNC(=O)[C@@H]1NC(=O)c1ccccc1. The van der Waals surface area contributed by atoms with Crippen LogP contribution >= 0.6 is 0 Å². The Morgan fingerprint density at radius 1 is 1.20 bits per heavy atom. The van der Waals surface area contributed by atoms with Crippen LogP contribution in [0, 0.1) is 10.1 Å². The lowest BCUT2D eigenvalue weighted by atomic mass is 9.85. The van der Waals surface area contributed by atoms with E-state index in [1.807, 2.05) is 0 Å². The molecule has 8 nitrogen and oxygen atoms in total. The zero-order chi connectivity index (χ0) is 18.0. The van der Waals surface area contributed by atoms with E-state index >= 15 is 0 Å². The molecule has 2 amide bonds. The average Bonchev–Trinajstić information content (AvgIpc) is 2.92. The molecular weight excluding hydrogens is 324 g/mol. The van der Waals surface area contributed by atoms with E-state index in [0.29, 0.717) is 11.1 Å². The van der Waals surface area contributed by atoms with Crippen molar-refractivity contribution in [2.45, 2.75) is 18.5 Å². The molecule has 1 saturated heterocycles. The van der Waals surface area contributed by atoms with Crippen molar-refractivity contribution in [3.05, 3.63) is 75.8 Å². The molecule has 3 N–H and O–H groups in total. The van der Waals surface area contributed by atoms with E-state index in [1.165, 1.54) is 12.1 Å². The Morgan fingerprint density at radius 2 is 1.92 bits per heavy atom. The normalized spacial score (nSPS) is 22.3. The number of hydrazine groups is 1. The fourth-order valence-corrected chi connectivity index (χ4v) is 2.79. The van der Waals surface area contributed by atoms with Gasteiger partial charge in [0.1, 0.15) is 6.04 Å². The number of amides is 2. The number of carbonyl (C=O) groups is 2. The zero-order valence-corrected chi connectivity index (χ0v) is 13.4. The minimum absolute atomic E-state index is 0.0898. The quantitative estimate of drug-likeness (QED) is 0.572. The number of hydrogen-bond acceptors (Lipinski definition) is 5. The Hall–Kier alpha value is -3.26. The minimum Gasteiger partial charge on any atom is -0.338 e. The maximum Gasteiger partial charge on any atom is 0.269 e. The molecule has 0 aliphatic carbocycles. The lowest BCUT2D eigenvalue weighted by molar-refractivity contribution is -0.385. The molecule has 0 aromatic heterocycles. The molecule has 1 aliphatic heterocycles. The number of nitro groups is 1. The van der Waals surface area contributed by atoms with E-state index < -0.39 is 28.3 Å². The molecule has 0 radical (unpaired) electrons. The highest BCUT2D eigenvalue weighted by Gasteiger charge is 2.47. The van der Waals surface area contributed by atoms with Crippen molar-refractivity contribution in [2.75, 3.05) is 0 Å². The summed E-state index contributed by atoms with van der Waals surface area (Å²) < 4.78 is 0. The van der Waals surface area contributed by atoms with Crippen LogP contribution in [0.4, 0.5) is 5.69 Å². The molecule has 0 unspecified atom stereocenters. The van der Waals surface area contributed by atoms with Crippen LogP contribution in [0.1, 0.15) is 22.8 Å². The van der Waals surface area contributed by atoms with Crippen LogP contribution in [0.25, 0.3) is 0 Å². The van der Waals surface area contributed by atoms with Crippen LogP contribution < -0.4 is 16.2 Å². The highest BCUT2D eigenvalue weighted by molar-refractivity contribution is 5.98. The molecular formula is C17H16N4O4. The minimum atomic E-state index is -1.03. The summed E-state index contributed by atoms with van der Waals surface area (Å²) in [6, 6.07) is 13.5. The summed E-state index contributed by atoms with van der Waals surface area (Å²) in [7, 11) is 0. The monoisotopic (exact) mass is 340 g/mol. The lowest BCUT2D eigenvalue weighted by Crippen LogP contribution is -2.52. The fourth-order valence-electron chi connectivity index (χ4n) is 2.79. The molecule has 1 heterocycles. The zero-order valence-electron chi connectivity index (χ0n) is 13.4. The number of hydrogen-bond donors (Lipinski definition) is 3. The van der Waals surface area contributed by atoms with E-state index in [2.05, 4.69) is 16.2 Å². The number of rotatable bonds is 4. The molecule has 1 fully saturated rings. The van der Waals surface area contributed by atoms with E-state index in [-0.39, 0.29) is 5.69 Å². The van der Waals surface area contributed by atoms with Crippen LogP contribution in [-0.2, 0) is 10.3 Å².